The van der Waals surface area contributed by atoms with Crippen molar-refractivity contribution in [3.8, 4) is 5.75 Å². The van der Waals surface area contributed by atoms with Crippen LogP contribution in [0.3, 0.4) is 0 Å². The number of aromatic nitrogens is 4. The van der Waals surface area contributed by atoms with E-state index in [4.69, 9.17) is 9.47 Å². The first kappa shape index (κ1) is 17.4. The van der Waals surface area contributed by atoms with Gasteiger partial charge in [0.25, 0.3) is 5.91 Å². The number of esters is 1. The minimum Gasteiger partial charge on any atom is -0.497 e. The van der Waals surface area contributed by atoms with Gasteiger partial charge >= 0.3 is 5.97 Å². The van der Waals surface area contributed by atoms with Gasteiger partial charge in [0.15, 0.2) is 12.4 Å². The van der Waals surface area contributed by atoms with Crippen molar-refractivity contribution in [1.82, 2.24) is 25.5 Å². The van der Waals surface area contributed by atoms with Crippen molar-refractivity contribution in [2.45, 2.75) is 26.5 Å². The van der Waals surface area contributed by atoms with Crippen molar-refractivity contribution in [3.63, 3.8) is 0 Å². The molecular formula is C15H19N5O4. The third-order valence-electron chi connectivity index (χ3n) is 3.13. The Morgan fingerprint density at radius 2 is 2.17 bits per heavy atom. The van der Waals surface area contributed by atoms with Gasteiger partial charge in [-0.05, 0) is 35.0 Å². The largest absolute Gasteiger partial charge is 0.497 e. The summed E-state index contributed by atoms with van der Waals surface area (Å²) in [6.45, 7) is 2.35. The van der Waals surface area contributed by atoms with Gasteiger partial charge in [0, 0.05) is 12.1 Å². The maximum absolute atomic E-state index is 12.0. The van der Waals surface area contributed by atoms with Crippen LogP contribution in [0.1, 0.15) is 29.5 Å². The van der Waals surface area contributed by atoms with Crippen molar-refractivity contribution in [1.29, 1.82) is 0 Å². The van der Waals surface area contributed by atoms with Crippen LogP contribution in [-0.2, 0) is 22.7 Å². The van der Waals surface area contributed by atoms with E-state index in [0.29, 0.717) is 23.7 Å². The van der Waals surface area contributed by atoms with Crippen LogP contribution in [-0.4, -0.2) is 45.7 Å². The Labute approximate surface area is 138 Å². The summed E-state index contributed by atoms with van der Waals surface area (Å²) in [7, 11) is 1.51. The molecule has 0 radical (unpaired) electrons. The first-order valence-corrected chi connectivity index (χ1v) is 7.47. The topological polar surface area (TPSA) is 108 Å². The smallest absolute Gasteiger partial charge is 0.325 e. The van der Waals surface area contributed by atoms with E-state index in [0.717, 1.165) is 6.42 Å². The van der Waals surface area contributed by atoms with Gasteiger partial charge in [-0.15, -0.1) is 5.10 Å². The molecule has 9 heteroatoms. The van der Waals surface area contributed by atoms with Gasteiger partial charge in [-0.25, -0.2) is 4.68 Å². The predicted octanol–water partition coefficient (Wildman–Crippen LogP) is 0.565. The lowest BCUT2D eigenvalue weighted by Crippen LogP contribution is -2.30. The standard InChI is InChI=1S/C15H19N5O4/c1-3-7-20-13(17-18-19-20)10-24-14(21)9-16-15(22)11-5-4-6-12(8-11)23-2/h4-6,8H,3,7,9-10H2,1-2H3,(H,16,22). The van der Waals surface area contributed by atoms with Crippen LogP contribution in [0.15, 0.2) is 24.3 Å². The van der Waals surface area contributed by atoms with Crippen molar-refractivity contribution < 1.29 is 19.1 Å². The third-order valence-corrected chi connectivity index (χ3v) is 3.13. The van der Waals surface area contributed by atoms with Gasteiger partial charge in [0.1, 0.15) is 12.3 Å². The monoisotopic (exact) mass is 333 g/mol. The summed E-state index contributed by atoms with van der Waals surface area (Å²) < 4.78 is 11.7. The van der Waals surface area contributed by atoms with Gasteiger partial charge in [-0.3, -0.25) is 9.59 Å². The zero-order valence-electron chi connectivity index (χ0n) is 13.6. The summed E-state index contributed by atoms with van der Waals surface area (Å²) in [4.78, 5) is 23.7. The molecule has 0 aliphatic rings. The third kappa shape index (κ3) is 4.77. The number of methoxy groups -OCH3 is 1. The highest BCUT2D eigenvalue weighted by atomic mass is 16.5. The number of carbonyl (C=O) groups is 2. The van der Waals surface area contributed by atoms with Crippen LogP contribution in [0.2, 0.25) is 0 Å². The maximum atomic E-state index is 12.0. The number of nitrogens with zero attached hydrogens (tertiary/aromatic N) is 4. The molecule has 0 aliphatic heterocycles. The number of nitrogens with one attached hydrogen (secondary N) is 1. The molecule has 0 fully saturated rings. The van der Waals surface area contributed by atoms with E-state index in [9.17, 15) is 9.59 Å². The first-order valence-electron chi connectivity index (χ1n) is 7.47. The molecule has 1 aromatic heterocycles. The average Bonchev–Trinajstić information content (AvgIpc) is 3.05. The molecule has 0 unspecified atom stereocenters. The molecule has 2 rings (SSSR count). The van der Waals surface area contributed by atoms with Crippen LogP contribution >= 0.6 is 0 Å². The van der Waals surface area contributed by atoms with Gasteiger partial charge < -0.3 is 14.8 Å². The Morgan fingerprint density at radius 1 is 1.33 bits per heavy atom. The lowest BCUT2D eigenvalue weighted by Gasteiger charge is -2.07. The second kappa shape index (κ2) is 8.61. The van der Waals surface area contributed by atoms with Crippen molar-refractivity contribution >= 4 is 11.9 Å². The van der Waals surface area contributed by atoms with Gasteiger partial charge in [0.2, 0.25) is 0 Å². The molecule has 0 bridgehead atoms. The fraction of sp³-hybridized carbons (Fsp3) is 0.400. The molecule has 0 atom stereocenters. The average molecular weight is 333 g/mol. The fourth-order valence-corrected chi connectivity index (χ4v) is 1.93. The number of hydrogen-bond donors (Lipinski definition) is 1. The molecule has 128 valence electrons. The summed E-state index contributed by atoms with van der Waals surface area (Å²) >= 11 is 0. The minimum atomic E-state index is -0.572. The molecule has 1 amide bonds. The fourth-order valence-electron chi connectivity index (χ4n) is 1.93. The van der Waals surface area contributed by atoms with Crippen LogP contribution in [0, 0.1) is 0 Å². The van der Waals surface area contributed by atoms with E-state index in [2.05, 4.69) is 20.8 Å². The molecule has 1 aromatic carbocycles. The number of ether oxygens (including phenoxy) is 2. The summed E-state index contributed by atoms with van der Waals surface area (Å²) in [6.07, 6.45) is 0.864. The molecule has 9 nitrogen and oxygen atoms in total. The number of benzene rings is 1. The minimum absolute atomic E-state index is 0.0408. The van der Waals surface area contributed by atoms with Gasteiger partial charge in [-0.1, -0.05) is 13.0 Å². The van der Waals surface area contributed by atoms with Crippen LogP contribution < -0.4 is 10.1 Å². The van der Waals surface area contributed by atoms with E-state index in [1.807, 2.05) is 6.92 Å². The number of carbonyl (C=O) groups excluding carboxylic acids is 2. The molecule has 0 spiro atoms. The molecular weight excluding hydrogens is 314 g/mol. The molecule has 24 heavy (non-hydrogen) atoms. The van der Waals surface area contributed by atoms with Crippen molar-refractivity contribution in [2.75, 3.05) is 13.7 Å². The number of hydrogen-bond acceptors (Lipinski definition) is 7. The van der Waals surface area contributed by atoms with E-state index < -0.39 is 5.97 Å². The summed E-state index contributed by atoms with van der Waals surface area (Å²) in [5.41, 5.74) is 0.397. The number of aryl methyl sites for hydroxylation is 1. The summed E-state index contributed by atoms with van der Waals surface area (Å²) in [5.74, 6) is 0.0660. The Kier molecular flexibility index (Phi) is 6.23. The number of rotatable bonds is 8. The van der Waals surface area contributed by atoms with Crippen molar-refractivity contribution in [2.24, 2.45) is 0 Å². The highest BCUT2D eigenvalue weighted by Crippen LogP contribution is 2.12. The molecule has 1 heterocycles. The number of amides is 1. The Morgan fingerprint density at radius 3 is 2.92 bits per heavy atom. The second-order valence-electron chi connectivity index (χ2n) is 4.89. The molecule has 1 N–H and O–H groups in total. The molecule has 0 aliphatic carbocycles. The predicted molar refractivity (Wildman–Crippen MR) is 83.2 cm³/mol. The normalized spacial score (nSPS) is 10.2. The van der Waals surface area contributed by atoms with Crippen LogP contribution in [0.25, 0.3) is 0 Å². The van der Waals surface area contributed by atoms with Gasteiger partial charge in [0.05, 0.1) is 7.11 Å². The maximum Gasteiger partial charge on any atom is 0.325 e. The molecule has 0 saturated carbocycles. The van der Waals surface area contributed by atoms with Crippen LogP contribution in [0.5, 0.6) is 5.75 Å². The van der Waals surface area contributed by atoms with Gasteiger partial charge in [-0.2, -0.15) is 0 Å². The summed E-state index contributed by atoms with van der Waals surface area (Å²) in [6, 6.07) is 6.63. The lowest BCUT2D eigenvalue weighted by atomic mass is 10.2. The quantitative estimate of drug-likeness (QED) is 0.703. The Bertz CT molecular complexity index is 701. The summed E-state index contributed by atoms with van der Waals surface area (Å²) in [5, 5.41) is 13.6. The van der Waals surface area contributed by atoms with E-state index in [1.165, 1.54) is 7.11 Å². The Balaban J connectivity index is 1.80. The number of tetrazole rings is 1. The molecule has 0 saturated heterocycles. The molecule has 2 aromatic rings. The van der Waals surface area contributed by atoms with E-state index in [-0.39, 0.29) is 19.1 Å². The Hall–Kier alpha value is -2.97. The van der Waals surface area contributed by atoms with E-state index >= 15 is 0 Å². The van der Waals surface area contributed by atoms with Crippen molar-refractivity contribution in [3.05, 3.63) is 35.7 Å². The zero-order chi connectivity index (χ0) is 17.4. The second-order valence-corrected chi connectivity index (χ2v) is 4.89. The van der Waals surface area contributed by atoms with Crippen LogP contribution in [0.4, 0.5) is 0 Å². The highest BCUT2D eigenvalue weighted by Gasteiger charge is 2.12. The lowest BCUT2D eigenvalue weighted by molar-refractivity contribution is -0.144. The first-order chi connectivity index (χ1) is 11.6. The van der Waals surface area contributed by atoms with E-state index in [1.54, 1.807) is 28.9 Å². The zero-order valence-corrected chi connectivity index (χ0v) is 13.6. The SMILES string of the molecule is CCCn1nnnc1COC(=O)CNC(=O)c1cccc(OC)c1. The highest BCUT2D eigenvalue weighted by molar-refractivity contribution is 5.96.